The molecule has 0 radical (unpaired) electrons. The average molecular weight is 421 g/mol. The van der Waals surface area contributed by atoms with Crippen LogP contribution in [0.15, 0.2) is 12.1 Å². The van der Waals surface area contributed by atoms with Crippen molar-refractivity contribution >= 4 is 34.4 Å². The molecule has 116 valence electrons. The third kappa shape index (κ3) is 2.93. The summed E-state index contributed by atoms with van der Waals surface area (Å²) >= 11 is 1.65. The number of aromatic nitrogens is 2. The topological polar surface area (TPSA) is 87.3 Å². The van der Waals surface area contributed by atoms with E-state index in [0.717, 1.165) is 19.2 Å². The fourth-order valence-corrected chi connectivity index (χ4v) is 2.15. The first kappa shape index (κ1) is 16.3. The summed E-state index contributed by atoms with van der Waals surface area (Å²) in [7, 11) is 2.41. The van der Waals surface area contributed by atoms with E-state index in [-0.39, 0.29) is 32.2 Å². The first-order valence-corrected chi connectivity index (χ1v) is 6.91. The van der Waals surface area contributed by atoms with Crippen LogP contribution in [0.2, 0.25) is 0 Å². The second-order valence-corrected chi connectivity index (χ2v) is 5.21. The number of hydrogen-bond acceptors (Lipinski definition) is 6. The zero-order valence-corrected chi connectivity index (χ0v) is 13.6. The largest absolute Gasteiger partial charge is 0.491 e. The Hall–Kier alpha value is -2.04. The quantitative estimate of drug-likeness (QED) is 0.466. The van der Waals surface area contributed by atoms with Gasteiger partial charge in [0.15, 0.2) is 23.1 Å². The summed E-state index contributed by atoms with van der Waals surface area (Å²) in [4.78, 5) is 19.4. The number of nitrogen functional groups attached to an aromatic ring is 1. The summed E-state index contributed by atoms with van der Waals surface area (Å²) < 4.78 is 37.3. The zero-order valence-electron chi connectivity index (χ0n) is 11.5. The highest BCUT2D eigenvalue weighted by atomic mass is 127. The fourth-order valence-electron chi connectivity index (χ4n) is 1.72. The molecule has 0 bridgehead atoms. The van der Waals surface area contributed by atoms with Crippen molar-refractivity contribution in [3.8, 4) is 17.1 Å². The molecule has 1 aromatic carbocycles. The van der Waals surface area contributed by atoms with E-state index in [9.17, 15) is 13.6 Å². The summed E-state index contributed by atoms with van der Waals surface area (Å²) in [6.07, 6.45) is 0. The van der Waals surface area contributed by atoms with Crippen LogP contribution < -0.4 is 10.5 Å². The molecular weight excluding hydrogens is 411 g/mol. The average Bonchev–Trinajstić information content (AvgIpc) is 2.49. The molecule has 0 saturated heterocycles. The number of carbonyl (C=O) groups is 1. The molecule has 1 heterocycles. The Kier molecular flexibility index (Phi) is 4.74. The predicted molar refractivity (Wildman–Crippen MR) is 82.4 cm³/mol. The van der Waals surface area contributed by atoms with Crippen LogP contribution in [0.1, 0.15) is 10.5 Å². The maximum Gasteiger partial charge on any atom is 0.360 e. The van der Waals surface area contributed by atoms with Gasteiger partial charge < -0.3 is 15.2 Å². The van der Waals surface area contributed by atoms with Gasteiger partial charge in [0.2, 0.25) is 0 Å². The lowest BCUT2D eigenvalue weighted by atomic mass is 10.2. The van der Waals surface area contributed by atoms with E-state index in [2.05, 4.69) is 14.7 Å². The molecule has 0 aliphatic carbocycles. The summed E-state index contributed by atoms with van der Waals surface area (Å²) in [6, 6.07) is 1.92. The molecule has 0 fully saturated rings. The molecule has 22 heavy (non-hydrogen) atoms. The van der Waals surface area contributed by atoms with E-state index in [1.54, 1.807) is 22.6 Å². The fraction of sp³-hybridized carbons (Fsp3) is 0.154. The first-order chi connectivity index (χ1) is 10.4. The SMILES string of the molecule is COC(=O)c1nc(-c2cc(F)c(I)cc2F)nc(N)c1OC. The predicted octanol–water partition coefficient (Wildman–Crippen LogP) is 2.40. The minimum atomic E-state index is -0.835. The molecule has 0 aliphatic rings. The normalized spacial score (nSPS) is 10.4. The van der Waals surface area contributed by atoms with Gasteiger partial charge in [-0.2, -0.15) is 0 Å². The molecule has 9 heteroatoms. The van der Waals surface area contributed by atoms with E-state index in [4.69, 9.17) is 10.5 Å². The standard InChI is InChI=1S/C13H10F2IN3O3/c1-21-10-9(13(20)22-2)18-12(19-11(10)17)5-3-7(15)8(16)4-6(5)14/h3-4H,1-2H3,(H2,17,18,19). The number of carbonyl (C=O) groups excluding carboxylic acids is 1. The third-order valence-corrected chi connectivity index (χ3v) is 3.55. The number of hydrogen-bond donors (Lipinski definition) is 1. The van der Waals surface area contributed by atoms with Crippen LogP contribution in [-0.2, 0) is 4.74 Å². The van der Waals surface area contributed by atoms with Crippen molar-refractivity contribution in [1.82, 2.24) is 9.97 Å². The molecule has 0 spiro atoms. The van der Waals surface area contributed by atoms with Gasteiger partial charge in [-0.05, 0) is 34.7 Å². The van der Waals surface area contributed by atoms with Gasteiger partial charge in [0, 0.05) is 0 Å². The Morgan fingerprint density at radius 3 is 2.50 bits per heavy atom. The molecule has 0 atom stereocenters. The highest BCUT2D eigenvalue weighted by Gasteiger charge is 2.22. The van der Waals surface area contributed by atoms with Gasteiger partial charge in [-0.3, -0.25) is 0 Å². The van der Waals surface area contributed by atoms with Crippen molar-refractivity contribution in [3.63, 3.8) is 0 Å². The monoisotopic (exact) mass is 421 g/mol. The van der Waals surface area contributed by atoms with E-state index in [1.807, 2.05) is 0 Å². The van der Waals surface area contributed by atoms with Crippen molar-refractivity contribution < 1.29 is 23.0 Å². The van der Waals surface area contributed by atoms with E-state index < -0.39 is 17.6 Å². The van der Waals surface area contributed by atoms with E-state index in [0.29, 0.717) is 0 Å². The maximum atomic E-state index is 14.0. The zero-order chi connectivity index (χ0) is 16.4. The maximum absolute atomic E-state index is 14.0. The summed E-state index contributed by atoms with van der Waals surface area (Å²) in [5.74, 6) is -2.75. The highest BCUT2D eigenvalue weighted by Crippen LogP contribution is 2.29. The van der Waals surface area contributed by atoms with Crippen LogP contribution in [0.25, 0.3) is 11.4 Å². The van der Waals surface area contributed by atoms with Crippen molar-refractivity contribution in [3.05, 3.63) is 33.0 Å². The van der Waals surface area contributed by atoms with E-state index in [1.165, 1.54) is 7.11 Å². The number of esters is 1. The number of rotatable bonds is 3. The second-order valence-electron chi connectivity index (χ2n) is 4.05. The van der Waals surface area contributed by atoms with Crippen molar-refractivity contribution in [2.24, 2.45) is 0 Å². The number of nitrogens with zero attached hydrogens (tertiary/aromatic N) is 2. The van der Waals surface area contributed by atoms with Gasteiger partial charge in [-0.1, -0.05) is 0 Å². The van der Waals surface area contributed by atoms with Crippen LogP contribution in [0.4, 0.5) is 14.6 Å². The van der Waals surface area contributed by atoms with Crippen LogP contribution in [0.3, 0.4) is 0 Å². The van der Waals surface area contributed by atoms with Gasteiger partial charge >= 0.3 is 5.97 Å². The lowest BCUT2D eigenvalue weighted by molar-refractivity contribution is 0.0590. The minimum absolute atomic E-state index is 0.0954. The third-order valence-electron chi connectivity index (χ3n) is 2.73. The molecule has 2 N–H and O–H groups in total. The number of ether oxygens (including phenoxy) is 2. The lowest BCUT2D eigenvalue weighted by Crippen LogP contribution is -2.12. The minimum Gasteiger partial charge on any atom is -0.491 e. The Labute approximate surface area is 137 Å². The molecule has 0 aliphatic heterocycles. The lowest BCUT2D eigenvalue weighted by Gasteiger charge is -2.11. The van der Waals surface area contributed by atoms with Gasteiger partial charge in [-0.15, -0.1) is 0 Å². The van der Waals surface area contributed by atoms with Crippen molar-refractivity contribution in [2.75, 3.05) is 20.0 Å². The number of benzene rings is 1. The highest BCUT2D eigenvalue weighted by molar-refractivity contribution is 14.1. The second kappa shape index (κ2) is 6.38. The van der Waals surface area contributed by atoms with Crippen molar-refractivity contribution in [1.29, 1.82) is 0 Å². The first-order valence-electron chi connectivity index (χ1n) is 5.83. The molecule has 2 rings (SSSR count). The number of methoxy groups -OCH3 is 2. The van der Waals surface area contributed by atoms with Crippen LogP contribution in [-0.4, -0.2) is 30.2 Å². The number of anilines is 1. The molecule has 6 nitrogen and oxygen atoms in total. The molecule has 2 aromatic rings. The molecule has 0 saturated carbocycles. The number of halogens is 3. The summed E-state index contributed by atoms with van der Waals surface area (Å²) in [6.45, 7) is 0. The van der Waals surface area contributed by atoms with Crippen molar-refractivity contribution in [2.45, 2.75) is 0 Å². The van der Waals surface area contributed by atoms with Gasteiger partial charge in [0.1, 0.15) is 11.6 Å². The Balaban J connectivity index is 2.70. The summed E-state index contributed by atoms with van der Waals surface area (Å²) in [5, 5.41) is 0. The molecule has 1 aromatic heterocycles. The van der Waals surface area contributed by atoms with Crippen LogP contribution >= 0.6 is 22.6 Å². The summed E-state index contributed by atoms with van der Waals surface area (Å²) in [5.41, 5.74) is 5.18. The van der Waals surface area contributed by atoms with Gasteiger partial charge in [0.25, 0.3) is 0 Å². The van der Waals surface area contributed by atoms with Crippen LogP contribution in [0, 0.1) is 15.2 Å². The molecular formula is C13H10F2IN3O3. The number of nitrogens with two attached hydrogens (primary N) is 1. The van der Waals surface area contributed by atoms with Gasteiger partial charge in [0.05, 0.1) is 23.4 Å². The molecule has 0 unspecified atom stereocenters. The smallest absolute Gasteiger partial charge is 0.360 e. The van der Waals surface area contributed by atoms with Crippen LogP contribution in [0.5, 0.6) is 5.75 Å². The Morgan fingerprint density at radius 2 is 1.91 bits per heavy atom. The van der Waals surface area contributed by atoms with E-state index >= 15 is 0 Å². The molecule has 0 amide bonds. The van der Waals surface area contributed by atoms with Gasteiger partial charge in [-0.25, -0.2) is 23.5 Å². The Bertz CT molecular complexity index is 756. The Morgan fingerprint density at radius 1 is 1.23 bits per heavy atom.